The Labute approximate surface area is 145 Å². The minimum absolute atomic E-state index is 0.201. The number of para-hydroxylation sites is 1. The minimum Gasteiger partial charge on any atom is -0.493 e. The summed E-state index contributed by atoms with van der Waals surface area (Å²) in [5, 5.41) is 0.464. The van der Waals surface area contributed by atoms with Crippen LogP contribution in [0.3, 0.4) is 0 Å². The van der Waals surface area contributed by atoms with E-state index >= 15 is 0 Å². The molecule has 5 nitrogen and oxygen atoms in total. The number of hydrogen-bond acceptors (Lipinski definition) is 5. The number of hydrogen-bond donors (Lipinski definition) is 0. The molecule has 0 spiro atoms. The van der Waals surface area contributed by atoms with E-state index in [1.807, 2.05) is 6.08 Å². The van der Waals surface area contributed by atoms with Crippen molar-refractivity contribution in [2.45, 2.75) is 20.3 Å². The van der Waals surface area contributed by atoms with Gasteiger partial charge in [0.2, 0.25) is 0 Å². The Morgan fingerprint density at radius 1 is 1.36 bits per heavy atom. The topological polar surface area (TPSA) is 65.7 Å². The van der Waals surface area contributed by atoms with Crippen molar-refractivity contribution in [1.82, 2.24) is 0 Å². The van der Waals surface area contributed by atoms with Gasteiger partial charge in [0, 0.05) is 0 Å². The molecule has 2 heterocycles. The van der Waals surface area contributed by atoms with Crippen molar-refractivity contribution in [1.29, 1.82) is 0 Å². The van der Waals surface area contributed by atoms with Gasteiger partial charge in [-0.2, -0.15) is 0 Å². The van der Waals surface area contributed by atoms with E-state index in [0.29, 0.717) is 29.3 Å². The van der Waals surface area contributed by atoms with E-state index in [0.717, 1.165) is 6.42 Å². The molecule has 0 aliphatic carbocycles. The van der Waals surface area contributed by atoms with Gasteiger partial charge in [-0.1, -0.05) is 19.1 Å². The van der Waals surface area contributed by atoms with Gasteiger partial charge in [-0.3, -0.25) is 4.79 Å². The lowest BCUT2D eigenvalue weighted by atomic mass is 10.0. The highest BCUT2D eigenvalue weighted by molar-refractivity contribution is 5.98. The molecular formula is C20H20O5. The molecule has 0 N–H and O–H groups in total. The predicted octanol–water partition coefficient (Wildman–Crippen LogP) is 3.68. The first-order chi connectivity index (χ1) is 12.1. The van der Waals surface area contributed by atoms with E-state index in [9.17, 15) is 9.59 Å². The van der Waals surface area contributed by atoms with Crippen LogP contribution in [0.4, 0.5) is 0 Å². The van der Waals surface area contributed by atoms with E-state index in [-0.39, 0.29) is 23.2 Å². The molecule has 0 saturated carbocycles. The molecule has 1 atom stereocenters. The fourth-order valence-electron chi connectivity index (χ4n) is 2.64. The van der Waals surface area contributed by atoms with Crippen LogP contribution in [0.2, 0.25) is 0 Å². The van der Waals surface area contributed by atoms with Gasteiger partial charge >= 0.3 is 5.97 Å². The summed E-state index contributed by atoms with van der Waals surface area (Å²) in [7, 11) is 0. The van der Waals surface area contributed by atoms with Gasteiger partial charge in [0.25, 0.3) is 0 Å². The summed E-state index contributed by atoms with van der Waals surface area (Å²) in [6, 6.07) is 6.99. The van der Waals surface area contributed by atoms with Crippen LogP contribution in [0.15, 0.2) is 57.1 Å². The van der Waals surface area contributed by atoms with E-state index < -0.39 is 5.97 Å². The fraction of sp³-hybridized carbons (Fsp3) is 0.300. The smallest absolute Gasteiger partial charge is 0.341 e. The van der Waals surface area contributed by atoms with Crippen molar-refractivity contribution in [3.05, 3.63) is 63.7 Å². The molecule has 5 heteroatoms. The summed E-state index contributed by atoms with van der Waals surface area (Å²) < 4.78 is 16.3. The molecule has 2 aromatic rings. The van der Waals surface area contributed by atoms with Crippen LogP contribution < -0.4 is 5.43 Å². The minimum atomic E-state index is -0.518. The number of carbonyl (C=O) groups excluding carboxylic acids is 1. The summed E-state index contributed by atoms with van der Waals surface area (Å²) >= 11 is 0. The van der Waals surface area contributed by atoms with Crippen molar-refractivity contribution in [3.8, 4) is 0 Å². The van der Waals surface area contributed by atoms with E-state index in [2.05, 4.69) is 6.92 Å². The molecule has 1 aromatic heterocycles. The molecule has 0 fully saturated rings. The van der Waals surface area contributed by atoms with Crippen LogP contribution in [-0.2, 0) is 14.3 Å². The van der Waals surface area contributed by atoms with Gasteiger partial charge < -0.3 is 13.9 Å². The lowest BCUT2D eigenvalue weighted by molar-refractivity contribution is -0.138. The maximum Gasteiger partial charge on any atom is 0.341 e. The molecule has 3 rings (SSSR count). The molecule has 130 valence electrons. The zero-order valence-electron chi connectivity index (χ0n) is 14.3. The van der Waals surface area contributed by atoms with Crippen LogP contribution in [0.1, 0.15) is 25.8 Å². The third-order valence-electron chi connectivity index (χ3n) is 4.00. The summed E-state index contributed by atoms with van der Waals surface area (Å²) in [5.41, 5.74) is 0.818. The van der Waals surface area contributed by atoms with Crippen molar-refractivity contribution < 1.29 is 18.7 Å². The number of fused-ring (bicyclic) bond motifs is 1. The standard InChI is InChI=1S/C20H20O5/c1-3-23-20(22)16(18-9-8-13(2)11-24-18)10-14-12-25-17-7-5-4-6-15(17)19(14)21/h4-7,9-10,12-13H,3,8,11H2,1-2H3/b16-10+. The summed E-state index contributed by atoms with van der Waals surface area (Å²) in [5.74, 6) is 0.318. The molecule has 1 aliphatic rings. The molecule has 1 aliphatic heterocycles. The van der Waals surface area contributed by atoms with Crippen molar-refractivity contribution >= 4 is 23.0 Å². The Bertz CT molecular complexity index is 904. The Morgan fingerprint density at radius 3 is 2.88 bits per heavy atom. The first-order valence-electron chi connectivity index (χ1n) is 8.32. The second-order valence-corrected chi connectivity index (χ2v) is 6.02. The summed E-state index contributed by atoms with van der Waals surface area (Å²) in [6.07, 6.45) is 5.51. The van der Waals surface area contributed by atoms with Crippen molar-refractivity contribution in [3.63, 3.8) is 0 Å². The molecule has 0 radical (unpaired) electrons. The van der Waals surface area contributed by atoms with Gasteiger partial charge in [-0.05, 0) is 43.5 Å². The zero-order chi connectivity index (χ0) is 17.8. The lowest BCUT2D eigenvalue weighted by Crippen LogP contribution is -2.18. The molecule has 0 saturated heterocycles. The van der Waals surface area contributed by atoms with Crippen molar-refractivity contribution in [2.24, 2.45) is 5.92 Å². The number of benzene rings is 1. The Morgan fingerprint density at radius 2 is 2.16 bits per heavy atom. The van der Waals surface area contributed by atoms with Gasteiger partial charge in [-0.25, -0.2) is 4.79 Å². The summed E-state index contributed by atoms with van der Waals surface area (Å²) in [4.78, 5) is 25.0. The predicted molar refractivity (Wildman–Crippen MR) is 94.9 cm³/mol. The van der Waals surface area contributed by atoms with Crippen LogP contribution in [-0.4, -0.2) is 19.2 Å². The molecule has 0 bridgehead atoms. The van der Waals surface area contributed by atoms with Gasteiger partial charge in [0.1, 0.15) is 23.2 Å². The highest BCUT2D eigenvalue weighted by atomic mass is 16.5. The van der Waals surface area contributed by atoms with Crippen LogP contribution in [0.5, 0.6) is 0 Å². The lowest BCUT2D eigenvalue weighted by Gasteiger charge is -2.21. The molecular weight excluding hydrogens is 320 g/mol. The van der Waals surface area contributed by atoms with E-state index in [1.165, 1.54) is 12.3 Å². The summed E-state index contributed by atoms with van der Waals surface area (Å²) in [6.45, 7) is 4.57. The third-order valence-corrected chi connectivity index (χ3v) is 4.00. The molecule has 1 unspecified atom stereocenters. The Kier molecular flexibility index (Phi) is 5.03. The van der Waals surface area contributed by atoms with Gasteiger partial charge in [0.15, 0.2) is 5.43 Å². The quantitative estimate of drug-likeness (QED) is 0.627. The molecule has 1 aromatic carbocycles. The third kappa shape index (κ3) is 3.65. The van der Waals surface area contributed by atoms with Crippen molar-refractivity contribution in [2.75, 3.05) is 13.2 Å². The largest absolute Gasteiger partial charge is 0.493 e. The van der Waals surface area contributed by atoms with E-state index in [1.54, 1.807) is 31.2 Å². The van der Waals surface area contributed by atoms with Crippen LogP contribution in [0.25, 0.3) is 17.0 Å². The zero-order valence-corrected chi connectivity index (χ0v) is 14.3. The maximum absolute atomic E-state index is 12.7. The average Bonchev–Trinajstić information content (AvgIpc) is 2.62. The highest BCUT2D eigenvalue weighted by Crippen LogP contribution is 2.24. The second-order valence-electron chi connectivity index (χ2n) is 6.02. The Balaban J connectivity index is 2.08. The number of rotatable bonds is 4. The van der Waals surface area contributed by atoms with Gasteiger partial charge in [0.05, 0.1) is 24.2 Å². The van der Waals surface area contributed by atoms with Crippen LogP contribution >= 0.6 is 0 Å². The molecule has 25 heavy (non-hydrogen) atoms. The SMILES string of the molecule is CCOC(=O)/C(=C/c1coc2ccccc2c1=O)C1=CCC(C)CO1. The molecule has 0 amide bonds. The number of ether oxygens (including phenoxy) is 2. The number of allylic oxidation sites excluding steroid dienone is 1. The first-order valence-corrected chi connectivity index (χ1v) is 8.32. The second kappa shape index (κ2) is 7.38. The number of carbonyl (C=O) groups is 1. The normalized spacial score (nSPS) is 17.8. The average molecular weight is 340 g/mol. The number of esters is 1. The highest BCUT2D eigenvalue weighted by Gasteiger charge is 2.22. The maximum atomic E-state index is 12.7. The van der Waals surface area contributed by atoms with Crippen LogP contribution in [0, 0.1) is 5.92 Å². The van der Waals surface area contributed by atoms with E-state index in [4.69, 9.17) is 13.9 Å². The Hall–Kier alpha value is -2.82. The monoisotopic (exact) mass is 340 g/mol. The first kappa shape index (κ1) is 17.0. The van der Waals surface area contributed by atoms with Gasteiger partial charge in [-0.15, -0.1) is 0 Å². The fourth-order valence-corrected chi connectivity index (χ4v) is 2.64.